The largest absolute Gasteiger partial charge is 0.496 e. The average Bonchev–Trinajstić information content (AvgIpc) is 2.25. The molecule has 0 atom stereocenters. The van der Waals surface area contributed by atoms with Gasteiger partial charge in [0.25, 0.3) is 0 Å². The zero-order valence-electron chi connectivity index (χ0n) is 9.05. The third-order valence-corrected chi connectivity index (χ3v) is 2.11. The van der Waals surface area contributed by atoms with Gasteiger partial charge < -0.3 is 4.74 Å². The van der Waals surface area contributed by atoms with E-state index in [1.165, 1.54) is 0 Å². The van der Waals surface area contributed by atoms with Crippen LogP contribution in [0.5, 0.6) is 5.75 Å². The molecule has 0 saturated heterocycles. The van der Waals surface area contributed by atoms with Gasteiger partial charge in [-0.2, -0.15) is 18.4 Å². The molecular weight excluding hydrogens is 235 g/mol. The Morgan fingerprint density at radius 2 is 2.00 bits per heavy atom. The second-order valence-electron chi connectivity index (χ2n) is 3.27. The Morgan fingerprint density at radius 3 is 2.35 bits per heavy atom. The number of halogens is 3. The number of alkyl halides is 3. The van der Waals surface area contributed by atoms with Gasteiger partial charge in [0.1, 0.15) is 5.75 Å². The Hall–Kier alpha value is -2.03. The molecule has 6 heteroatoms. The summed E-state index contributed by atoms with van der Waals surface area (Å²) in [4.78, 5) is 11.2. The molecule has 0 bridgehead atoms. The molecule has 0 N–H and O–H groups in total. The fourth-order valence-electron chi connectivity index (χ4n) is 1.43. The highest BCUT2D eigenvalue weighted by atomic mass is 19.4. The number of hydrogen-bond acceptors (Lipinski definition) is 3. The summed E-state index contributed by atoms with van der Waals surface area (Å²) in [5.74, 6) is -1.01. The van der Waals surface area contributed by atoms with Crippen LogP contribution in [-0.4, -0.2) is 12.9 Å². The number of carbonyl (C=O) groups is 1. The number of ether oxygens (including phenoxy) is 1. The number of ketones is 1. The van der Waals surface area contributed by atoms with E-state index >= 15 is 0 Å². The monoisotopic (exact) mass is 243 g/mol. The van der Waals surface area contributed by atoms with Crippen molar-refractivity contribution < 1.29 is 22.7 Å². The molecule has 0 radical (unpaired) electrons. The highest BCUT2D eigenvalue weighted by molar-refractivity contribution is 5.98. The molecule has 3 nitrogen and oxygen atoms in total. The number of hydrogen-bond donors (Lipinski definition) is 0. The molecule has 90 valence electrons. The summed E-state index contributed by atoms with van der Waals surface area (Å²) >= 11 is 0. The van der Waals surface area contributed by atoms with Crippen molar-refractivity contribution in [3.8, 4) is 11.8 Å². The Kier molecular flexibility index (Phi) is 3.42. The van der Waals surface area contributed by atoms with Crippen LogP contribution in [0.2, 0.25) is 0 Å². The first-order valence-electron chi connectivity index (χ1n) is 4.51. The highest BCUT2D eigenvalue weighted by Crippen LogP contribution is 2.37. The zero-order valence-corrected chi connectivity index (χ0v) is 9.05. The Labute approximate surface area is 95.4 Å². The van der Waals surface area contributed by atoms with Crippen molar-refractivity contribution in [2.45, 2.75) is 13.1 Å². The quantitative estimate of drug-likeness (QED) is 0.750. The minimum Gasteiger partial charge on any atom is -0.496 e. The molecule has 0 aromatic heterocycles. The molecule has 0 spiro atoms. The summed E-state index contributed by atoms with van der Waals surface area (Å²) in [6.07, 6.45) is -4.71. The number of nitriles is 1. The van der Waals surface area contributed by atoms with Crippen molar-refractivity contribution in [3.05, 3.63) is 28.8 Å². The van der Waals surface area contributed by atoms with Gasteiger partial charge in [0.15, 0.2) is 5.78 Å². The van der Waals surface area contributed by atoms with E-state index in [2.05, 4.69) is 0 Å². The van der Waals surface area contributed by atoms with Gasteiger partial charge in [0.2, 0.25) is 0 Å². The van der Waals surface area contributed by atoms with E-state index in [-0.39, 0.29) is 11.3 Å². The first-order chi connectivity index (χ1) is 7.81. The standard InChI is InChI=1S/C11H8F3NO2/c1-6(16)10-8(11(12,13)14)3-7(5-15)4-9(10)17-2/h3-4H,1-2H3. The SMILES string of the molecule is COc1cc(C#N)cc(C(F)(F)F)c1C(C)=O. The topological polar surface area (TPSA) is 50.1 Å². The number of nitrogens with zero attached hydrogens (tertiary/aromatic N) is 1. The summed E-state index contributed by atoms with van der Waals surface area (Å²) in [6.45, 7) is 1.01. The van der Waals surface area contributed by atoms with Gasteiger partial charge in [-0.3, -0.25) is 4.79 Å². The van der Waals surface area contributed by atoms with Crippen molar-refractivity contribution in [3.63, 3.8) is 0 Å². The van der Waals surface area contributed by atoms with Crippen LogP contribution in [0.1, 0.15) is 28.4 Å². The van der Waals surface area contributed by atoms with Crippen LogP contribution in [0.4, 0.5) is 13.2 Å². The molecule has 0 aliphatic rings. The summed E-state index contributed by atoms with van der Waals surface area (Å²) in [7, 11) is 1.14. The first kappa shape index (κ1) is 13.0. The summed E-state index contributed by atoms with van der Waals surface area (Å²) in [5, 5.41) is 8.62. The van der Waals surface area contributed by atoms with Crippen LogP contribution >= 0.6 is 0 Å². The Morgan fingerprint density at radius 1 is 1.41 bits per heavy atom. The number of rotatable bonds is 2. The Balaban J connectivity index is 3.66. The minimum absolute atomic E-state index is 0.209. The van der Waals surface area contributed by atoms with E-state index in [0.717, 1.165) is 20.1 Å². The van der Waals surface area contributed by atoms with Crippen LogP contribution in [0.25, 0.3) is 0 Å². The molecule has 0 unspecified atom stereocenters. The van der Waals surface area contributed by atoms with Gasteiger partial charge in [-0.15, -0.1) is 0 Å². The summed E-state index contributed by atoms with van der Waals surface area (Å²) < 4.78 is 42.9. The molecule has 0 heterocycles. The van der Waals surface area contributed by atoms with E-state index in [1.54, 1.807) is 6.07 Å². The van der Waals surface area contributed by atoms with Crippen molar-refractivity contribution in [2.75, 3.05) is 7.11 Å². The lowest BCUT2D eigenvalue weighted by Crippen LogP contribution is -2.13. The summed E-state index contributed by atoms with van der Waals surface area (Å²) in [5.41, 5.74) is -1.92. The minimum atomic E-state index is -4.71. The predicted molar refractivity (Wildman–Crippen MR) is 52.7 cm³/mol. The van der Waals surface area contributed by atoms with Crippen molar-refractivity contribution in [1.82, 2.24) is 0 Å². The van der Waals surface area contributed by atoms with Crippen molar-refractivity contribution in [1.29, 1.82) is 5.26 Å². The molecule has 0 amide bonds. The predicted octanol–water partition coefficient (Wildman–Crippen LogP) is 2.79. The number of carbonyl (C=O) groups excluding carboxylic acids is 1. The fraction of sp³-hybridized carbons (Fsp3) is 0.273. The highest BCUT2D eigenvalue weighted by Gasteiger charge is 2.36. The van der Waals surface area contributed by atoms with Crippen LogP contribution in [-0.2, 0) is 6.18 Å². The lowest BCUT2D eigenvalue weighted by atomic mass is 9.99. The van der Waals surface area contributed by atoms with E-state index in [9.17, 15) is 18.0 Å². The molecule has 0 aliphatic carbocycles. The summed E-state index contributed by atoms with van der Waals surface area (Å²) in [6, 6.07) is 3.33. The molecule has 1 aromatic carbocycles. The van der Waals surface area contributed by atoms with E-state index in [1.807, 2.05) is 0 Å². The van der Waals surface area contributed by atoms with Crippen molar-refractivity contribution in [2.24, 2.45) is 0 Å². The molecule has 17 heavy (non-hydrogen) atoms. The van der Waals surface area contributed by atoms with Gasteiger partial charge in [0, 0.05) is 0 Å². The average molecular weight is 243 g/mol. The van der Waals surface area contributed by atoms with Crippen LogP contribution in [0, 0.1) is 11.3 Å². The molecule has 1 rings (SSSR count). The Bertz CT molecular complexity index is 501. The van der Waals surface area contributed by atoms with Crippen molar-refractivity contribution >= 4 is 5.78 Å². The normalized spacial score (nSPS) is 10.8. The van der Waals surface area contributed by atoms with Crippen LogP contribution < -0.4 is 4.74 Å². The third-order valence-electron chi connectivity index (χ3n) is 2.11. The van der Waals surface area contributed by atoms with Gasteiger partial charge in [-0.05, 0) is 19.1 Å². The smallest absolute Gasteiger partial charge is 0.417 e. The third kappa shape index (κ3) is 2.56. The van der Waals surface area contributed by atoms with E-state index in [0.29, 0.717) is 6.07 Å². The molecule has 1 aromatic rings. The maximum atomic E-state index is 12.7. The number of Topliss-reactive ketones (excluding diaryl/α,β-unsaturated/α-hetero) is 1. The molecule has 0 saturated carbocycles. The second kappa shape index (κ2) is 4.45. The van der Waals surface area contributed by atoms with Gasteiger partial charge >= 0.3 is 6.18 Å². The van der Waals surface area contributed by atoms with Crippen LogP contribution in [0.15, 0.2) is 12.1 Å². The van der Waals surface area contributed by atoms with Crippen LogP contribution in [0.3, 0.4) is 0 Å². The number of methoxy groups -OCH3 is 1. The lowest BCUT2D eigenvalue weighted by Gasteiger charge is -2.14. The lowest BCUT2D eigenvalue weighted by molar-refractivity contribution is -0.138. The first-order valence-corrected chi connectivity index (χ1v) is 4.51. The van der Waals surface area contributed by atoms with Gasteiger partial charge in [0.05, 0.1) is 29.9 Å². The maximum Gasteiger partial charge on any atom is 0.417 e. The zero-order chi connectivity index (χ0) is 13.2. The van der Waals surface area contributed by atoms with E-state index in [4.69, 9.17) is 10.00 Å². The second-order valence-corrected chi connectivity index (χ2v) is 3.27. The molecule has 0 aliphatic heterocycles. The van der Waals surface area contributed by atoms with E-state index < -0.39 is 23.1 Å². The maximum absolute atomic E-state index is 12.7. The molecule has 0 fully saturated rings. The van der Waals surface area contributed by atoms with Gasteiger partial charge in [-0.25, -0.2) is 0 Å². The van der Waals surface area contributed by atoms with Gasteiger partial charge in [-0.1, -0.05) is 0 Å². The molecular formula is C11H8F3NO2. The number of benzene rings is 1. The fourth-order valence-corrected chi connectivity index (χ4v) is 1.43.